The molecule has 2 aromatic carbocycles. The van der Waals surface area contributed by atoms with E-state index in [1.807, 2.05) is 30.3 Å². The van der Waals surface area contributed by atoms with E-state index in [2.05, 4.69) is 5.32 Å². The molecule has 4 rings (SSSR count). The molecule has 2 fully saturated rings. The van der Waals surface area contributed by atoms with Gasteiger partial charge in [-0.1, -0.05) is 43.2 Å². The van der Waals surface area contributed by atoms with E-state index in [-0.39, 0.29) is 11.6 Å². The fraction of sp³-hybridized carbons (Fsp3) is 0.286. The van der Waals surface area contributed by atoms with E-state index < -0.39 is 17.8 Å². The first kappa shape index (κ1) is 17.3. The predicted molar refractivity (Wildman–Crippen MR) is 101 cm³/mol. The first-order valence-electron chi connectivity index (χ1n) is 9.06. The molecule has 0 unspecified atom stereocenters. The average molecular weight is 364 g/mol. The zero-order valence-corrected chi connectivity index (χ0v) is 15.0. The summed E-state index contributed by atoms with van der Waals surface area (Å²) in [5.41, 5.74) is 0.603. The molecular formula is C21H20N2O4. The lowest BCUT2D eigenvalue weighted by Gasteiger charge is -2.31. The maximum Gasteiger partial charge on any atom is 0.331 e. The number of barbiturate groups is 1. The maximum atomic E-state index is 13.0. The lowest BCUT2D eigenvalue weighted by molar-refractivity contribution is -0.131. The molecule has 138 valence electrons. The topological polar surface area (TPSA) is 75.7 Å². The third-order valence-corrected chi connectivity index (χ3v) is 5.26. The van der Waals surface area contributed by atoms with Crippen molar-refractivity contribution in [2.24, 2.45) is 0 Å². The number of hydrogen-bond acceptors (Lipinski definition) is 4. The molecule has 0 atom stereocenters. The van der Waals surface area contributed by atoms with Gasteiger partial charge in [0.1, 0.15) is 11.3 Å². The monoisotopic (exact) mass is 364 g/mol. The molecule has 6 heteroatoms. The molecule has 0 bridgehead atoms. The van der Waals surface area contributed by atoms with Gasteiger partial charge in [-0.05, 0) is 35.8 Å². The summed E-state index contributed by atoms with van der Waals surface area (Å²) in [6.07, 6.45) is 5.04. The Balaban J connectivity index is 1.83. The fourth-order valence-corrected chi connectivity index (χ4v) is 3.91. The van der Waals surface area contributed by atoms with Crippen molar-refractivity contribution >= 4 is 34.7 Å². The lowest BCUT2D eigenvalue weighted by atomic mass is 9.99. The molecule has 1 saturated carbocycles. The van der Waals surface area contributed by atoms with Crippen LogP contribution < -0.4 is 10.1 Å². The minimum absolute atomic E-state index is 0.0452. The zero-order chi connectivity index (χ0) is 19.0. The van der Waals surface area contributed by atoms with Crippen LogP contribution in [0.1, 0.15) is 31.2 Å². The second-order valence-electron chi connectivity index (χ2n) is 6.83. The molecule has 1 aliphatic heterocycles. The lowest BCUT2D eigenvalue weighted by Crippen LogP contribution is -2.57. The quantitative estimate of drug-likeness (QED) is 0.670. The minimum Gasteiger partial charge on any atom is -0.496 e. The van der Waals surface area contributed by atoms with Crippen LogP contribution in [-0.2, 0) is 9.59 Å². The smallest absolute Gasteiger partial charge is 0.331 e. The van der Waals surface area contributed by atoms with Crippen molar-refractivity contribution in [1.29, 1.82) is 0 Å². The summed E-state index contributed by atoms with van der Waals surface area (Å²) in [6.45, 7) is 0. The number of rotatable bonds is 3. The molecule has 4 amide bonds. The molecule has 1 heterocycles. The van der Waals surface area contributed by atoms with Crippen LogP contribution in [0, 0.1) is 0 Å². The molecule has 27 heavy (non-hydrogen) atoms. The van der Waals surface area contributed by atoms with Gasteiger partial charge in [-0.3, -0.25) is 19.8 Å². The van der Waals surface area contributed by atoms with Crippen molar-refractivity contribution in [2.75, 3.05) is 7.11 Å². The number of carbonyl (C=O) groups excluding carboxylic acids is 3. The zero-order valence-electron chi connectivity index (χ0n) is 15.0. The van der Waals surface area contributed by atoms with Crippen molar-refractivity contribution in [1.82, 2.24) is 10.2 Å². The van der Waals surface area contributed by atoms with E-state index in [1.165, 1.54) is 11.0 Å². The second-order valence-corrected chi connectivity index (χ2v) is 6.83. The number of methoxy groups -OCH3 is 1. The minimum atomic E-state index is -0.672. The summed E-state index contributed by atoms with van der Waals surface area (Å²) in [5, 5.41) is 4.15. The van der Waals surface area contributed by atoms with Gasteiger partial charge in [0.05, 0.1) is 7.11 Å². The summed E-state index contributed by atoms with van der Waals surface area (Å²) in [7, 11) is 1.54. The SMILES string of the molecule is COc1ccc2ccccc2c1/C=C1/C(=O)NC(=O)N(C2CCCC2)C1=O. The summed E-state index contributed by atoms with van der Waals surface area (Å²) < 4.78 is 5.45. The van der Waals surface area contributed by atoms with Crippen molar-refractivity contribution in [2.45, 2.75) is 31.7 Å². The Bertz CT molecular complexity index is 973. The van der Waals surface area contributed by atoms with Crippen LogP contribution in [-0.4, -0.2) is 35.9 Å². The summed E-state index contributed by atoms with van der Waals surface area (Å²) in [4.78, 5) is 38.9. The van der Waals surface area contributed by atoms with Gasteiger partial charge >= 0.3 is 6.03 Å². The highest BCUT2D eigenvalue weighted by Crippen LogP contribution is 2.32. The van der Waals surface area contributed by atoms with Crippen molar-refractivity contribution in [3.8, 4) is 5.75 Å². The van der Waals surface area contributed by atoms with Crippen LogP contribution in [0.25, 0.3) is 16.8 Å². The Hall–Kier alpha value is -3.15. The van der Waals surface area contributed by atoms with E-state index in [0.29, 0.717) is 11.3 Å². The third-order valence-electron chi connectivity index (χ3n) is 5.26. The molecule has 1 N–H and O–H groups in total. The van der Waals surface area contributed by atoms with Gasteiger partial charge in [0.2, 0.25) is 0 Å². The van der Waals surface area contributed by atoms with Crippen molar-refractivity contribution < 1.29 is 19.1 Å². The van der Waals surface area contributed by atoms with Gasteiger partial charge in [0.15, 0.2) is 0 Å². The van der Waals surface area contributed by atoms with Crippen LogP contribution in [0.15, 0.2) is 42.0 Å². The van der Waals surface area contributed by atoms with E-state index in [0.717, 1.165) is 36.5 Å². The molecule has 2 aromatic rings. The van der Waals surface area contributed by atoms with Crippen LogP contribution in [0.4, 0.5) is 4.79 Å². The number of fused-ring (bicyclic) bond motifs is 1. The van der Waals surface area contributed by atoms with Crippen LogP contribution in [0.3, 0.4) is 0 Å². The predicted octanol–water partition coefficient (Wildman–Crippen LogP) is 3.25. The number of imide groups is 2. The van der Waals surface area contributed by atoms with Gasteiger partial charge in [0.25, 0.3) is 11.8 Å². The Morgan fingerprint density at radius 3 is 2.56 bits per heavy atom. The van der Waals surface area contributed by atoms with E-state index >= 15 is 0 Å². The number of ether oxygens (including phenoxy) is 1. The van der Waals surface area contributed by atoms with Crippen molar-refractivity contribution in [3.05, 3.63) is 47.5 Å². The highest BCUT2D eigenvalue weighted by Gasteiger charge is 2.40. The normalized spacial score (nSPS) is 19.8. The van der Waals surface area contributed by atoms with E-state index in [1.54, 1.807) is 13.2 Å². The van der Waals surface area contributed by atoms with Gasteiger partial charge in [-0.25, -0.2) is 4.79 Å². The molecular weight excluding hydrogens is 344 g/mol. The number of amides is 4. The van der Waals surface area contributed by atoms with Gasteiger partial charge < -0.3 is 4.74 Å². The number of nitrogens with one attached hydrogen (secondary N) is 1. The molecule has 2 aliphatic rings. The average Bonchev–Trinajstić information content (AvgIpc) is 3.19. The number of hydrogen-bond donors (Lipinski definition) is 1. The first-order valence-corrected chi connectivity index (χ1v) is 9.06. The van der Waals surface area contributed by atoms with Gasteiger partial charge in [-0.15, -0.1) is 0 Å². The fourth-order valence-electron chi connectivity index (χ4n) is 3.91. The van der Waals surface area contributed by atoms with Crippen LogP contribution in [0.5, 0.6) is 5.75 Å². The van der Waals surface area contributed by atoms with E-state index in [4.69, 9.17) is 4.74 Å². The third kappa shape index (κ3) is 2.97. The molecule has 0 aromatic heterocycles. The van der Waals surface area contributed by atoms with Crippen LogP contribution in [0.2, 0.25) is 0 Å². The molecule has 1 aliphatic carbocycles. The Morgan fingerprint density at radius 2 is 1.81 bits per heavy atom. The van der Waals surface area contributed by atoms with Crippen LogP contribution >= 0.6 is 0 Å². The van der Waals surface area contributed by atoms with Gasteiger partial charge in [0, 0.05) is 11.6 Å². The summed E-state index contributed by atoms with van der Waals surface area (Å²) >= 11 is 0. The number of benzene rings is 2. The summed E-state index contributed by atoms with van der Waals surface area (Å²) in [6, 6.07) is 10.6. The second kappa shape index (κ2) is 6.87. The molecule has 6 nitrogen and oxygen atoms in total. The number of carbonyl (C=O) groups is 3. The first-order chi connectivity index (χ1) is 13.1. The van der Waals surface area contributed by atoms with Gasteiger partial charge in [-0.2, -0.15) is 0 Å². The highest BCUT2D eigenvalue weighted by molar-refractivity contribution is 6.31. The number of urea groups is 1. The summed E-state index contributed by atoms with van der Waals surface area (Å²) in [5.74, 6) is -0.647. The Morgan fingerprint density at radius 1 is 1.07 bits per heavy atom. The Kier molecular flexibility index (Phi) is 4.39. The molecule has 0 spiro atoms. The standard InChI is InChI=1S/C21H20N2O4/c1-27-18-11-10-13-6-2-5-9-15(13)16(18)12-17-19(24)22-21(26)23(20(17)25)14-7-3-4-8-14/h2,5-6,9-12,14H,3-4,7-8H2,1H3,(H,22,24,26)/b17-12-. The van der Waals surface area contributed by atoms with Crippen molar-refractivity contribution in [3.63, 3.8) is 0 Å². The largest absolute Gasteiger partial charge is 0.496 e. The van der Waals surface area contributed by atoms with E-state index in [9.17, 15) is 14.4 Å². The molecule has 1 saturated heterocycles. The Labute approximate surface area is 156 Å². The number of nitrogens with zero attached hydrogens (tertiary/aromatic N) is 1. The maximum absolute atomic E-state index is 13.0. The highest BCUT2D eigenvalue weighted by atomic mass is 16.5. The molecule has 0 radical (unpaired) electrons.